The minimum atomic E-state index is -4.45. The van der Waals surface area contributed by atoms with Crippen molar-refractivity contribution in [3.63, 3.8) is 0 Å². The maximum atomic E-state index is 14.8. The predicted molar refractivity (Wildman–Crippen MR) is 139 cm³/mol. The fourth-order valence-corrected chi connectivity index (χ4v) is 5.01. The zero-order chi connectivity index (χ0) is 27.9. The average molecular weight is 551 g/mol. The quantitative estimate of drug-likeness (QED) is 0.241. The van der Waals surface area contributed by atoms with Gasteiger partial charge in [-0.3, -0.25) is 4.79 Å². The van der Waals surface area contributed by atoms with Crippen LogP contribution in [0, 0.1) is 5.82 Å². The Morgan fingerprint density at radius 3 is 2.33 bits per heavy atom. The molecule has 2 heterocycles. The molecule has 0 unspecified atom stereocenters. The smallest absolute Gasteiger partial charge is 0.358 e. The van der Waals surface area contributed by atoms with E-state index in [4.69, 9.17) is 4.52 Å². The number of hydrogen-bond donors (Lipinski definition) is 1. The average Bonchev–Trinajstić information content (AvgIpc) is 3.60. The van der Waals surface area contributed by atoms with Crippen molar-refractivity contribution in [2.75, 3.05) is 5.32 Å². The van der Waals surface area contributed by atoms with Gasteiger partial charge in [0.1, 0.15) is 17.1 Å². The molecule has 0 radical (unpaired) electrons. The summed E-state index contributed by atoms with van der Waals surface area (Å²) in [6, 6.07) is 14.1. The molecule has 40 heavy (non-hydrogen) atoms. The topological polar surface area (TPSA) is 80.9 Å². The number of anilines is 1. The van der Waals surface area contributed by atoms with Crippen LogP contribution in [-0.4, -0.2) is 27.2 Å². The van der Waals surface area contributed by atoms with Crippen LogP contribution in [0.2, 0.25) is 0 Å². The van der Waals surface area contributed by atoms with Gasteiger partial charge in [0.05, 0.1) is 6.42 Å². The Morgan fingerprint density at radius 2 is 1.73 bits per heavy atom. The first-order valence-electron chi connectivity index (χ1n) is 13.2. The molecule has 2 aromatic carbocycles. The Balaban J connectivity index is 1.06. The largest absolute Gasteiger partial charge is 0.401 e. The number of carbonyl (C=O) groups is 1. The van der Waals surface area contributed by atoms with Gasteiger partial charge in [-0.2, -0.15) is 13.2 Å². The van der Waals surface area contributed by atoms with Gasteiger partial charge < -0.3 is 9.84 Å². The van der Waals surface area contributed by atoms with Gasteiger partial charge in [0, 0.05) is 30.4 Å². The molecule has 0 spiro atoms. The van der Waals surface area contributed by atoms with Crippen molar-refractivity contribution < 1.29 is 26.9 Å². The molecular weight excluding hydrogens is 524 g/mol. The monoisotopic (exact) mass is 550 g/mol. The first-order valence-corrected chi connectivity index (χ1v) is 13.2. The molecule has 0 saturated heterocycles. The molecule has 206 valence electrons. The molecule has 1 N–H and O–H groups in total. The van der Waals surface area contributed by atoms with E-state index >= 15 is 0 Å². The van der Waals surface area contributed by atoms with Gasteiger partial charge in [-0.15, -0.1) is 0 Å². The molecular formula is C30H26F4N4O2. The summed E-state index contributed by atoms with van der Waals surface area (Å²) in [7, 11) is 0. The zero-order valence-electron chi connectivity index (χ0n) is 21.5. The molecule has 10 heteroatoms. The van der Waals surface area contributed by atoms with E-state index in [1.807, 2.05) is 0 Å². The summed E-state index contributed by atoms with van der Waals surface area (Å²) in [5, 5.41) is 5.91. The van der Waals surface area contributed by atoms with Crippen LogP contribution >= 0.6 is 0 Å². The highest BCUT2D eigenvalue weighted by Crippen LogP contribution is 2.59. The molecule has 2 aliphatic carbocycles. The number of rotatable bonds is 8. The van der Waals surface area contributed by atoms with E-state index in [0.29, 0.717) is 29.3 Å². The van der Waals surface area contributed by atoms with Crippen molar-refractivity contribution in [2.45, 2.75) is 62.5 Å². The summed E-state index contributed by atoms with van der Waals surface area (Å²) < 4.78 is 59.5. The van der Waals surface area contributed by atoms with Crippen LogP contribution in [0.5, 0.6) is 0 Å². The van der Waals surface area contributed by atoms with Gasteiger partial charge in [-0.1, -0.05) is 48.0 Å². The van der Waals surface area contributed by atoms with E-state index in [1.165, 1.54) is 37.0 Å². The van der Waals surface area contributed by atoms with Crippen LogP contribution in [0.4, 0.5) is 23.4 Å². The molecule has 0 aliphatic heterocycles. The van der Waals surface area contributed by atoms with Gasteiger partial charge in [-0.05, 0) is 59.9 Å². The highest BCUT2D eigenvalue weighted by molar-refractivity contribution is 5.91. The summed E-state index contributed by atoms with van der Waals surface area (Å²) in [5.41, 5.74) is 1.79. The maximum Gasteiger partial charge on any atom is 0.401 e. The first-order chi connectivity index (χ1) is 19.2. The van der Waals surface area contributed by atoms with Gasteiger partial charge in [-0.25, -0.2) is 14.4 Å². The van der Waals surface area contributed by atoms with Crippen LogP contribution < -0.4 is 5.32 Å². The third kappa shape index (κ3) is 5.22. The number of amides is 1. The van der Waals surface area contributed by atoms with E-state index in [1.54, 1.807) is 18.5 Å². The molecule has 2 saturated carbocycles. The third-order valence-corrected chi connectivity index (χ3v) is 7.90. The molecule has 0 bridgehead atoms. The first kappa shape index (κ1) is 26.2. The number of benzene rings is 2. The molecule has 1 amide bonds. The SMILES string of the molecule is O=C(Cc1ccc(-c2cnc(Cc3ccc(C4CCC4)cc3)nc2)cc1F)Nc1cc(C2(C(F)(F)F)CC2)on1. The second-order valence-corrected chi connectivity index (χ2v) is 10.6. The lowest BCUT2D eigenvalue weighted by Crippen LogP contribution is -2.28. The summed E-state index contributed by atoms with van der Waals surface area (Å²) in [6.07, 6.45) is 2.75. The third-order valence-electron chi connectivity index (χ3n) is 7.90. The molecule has 2 fully saturated rings. The van der Waals surface area contributed by atoms with Crippen LogP contribution in [0.15, 0.2) is 65.4 Å². The van der Waals surface area contributed by atoms with Crippen molar-refractivity contribution in [2.24, 2.45) is 0 Å². The lowest BCUT2D eigenvalue weighted by molar-refractivity contribution is -0.165. The van der Waals surface area contributed by atoms with Crippen molar-refractivity contribution in [3.8, 4) is 11.1 Å². The van der Waals surface area contributed by atoms with Gasteiger partial charge in [0.25, 0.3) is 0 Å². The number of alkyl halides is 3. The lowest BCUT2D eigenvalue weighted by atomic mass is 9.80. The predicted octanol–water partition coefficient (Wildman–Crippen LogP) is 6.90. The Morgan fingerprint density at radius 1 is 1.00 bits per heavy atom. The summed E-state index contributed by atoms with van der Waals surface area (Å²) in [5.74, 6) is -0.350. The number of nitrogens with zero attached hydrogens (tertiary/aromatic N) is 3. The molecule has 6 nitrogen and oxygen atoms in total. The Labute approximate surface area is 227 Å². The maximum absolute atomic E-state index is 14.8. The van der Waals surface area contributed by atoms with Crippen molar-refractivity contribution in [1.29, 1.82) is 0 Å². The fourth-order valence-electron chi connectivity index (χ4n) is 5.01. The Hall–Kier alpha value is -4.08. The molecule has 0 atom stereocenters. The summed E-state index contributed by atoms with van der Waals surface area (Å²) >= 11 is 0. The Bertz CT molecular complexity index is 1520. The second-order valence-electron chi connectivity index (χ2n) is 10.6. The number of nitrogens with one attached hydrogen (secondary N) is 1. The summed E-state index contributed by atoms with van der Waals surface area (Å²) in [4.78, 5) is 21.3. The Kier molecular flexibility index (Phi) is 6.64. The van der Waals surface area contributed by atoms with Gasteiger partial charge >= 0.3 is 6.18 Å². The van der Waals surface area contributed by atoms with Gasteiger partial charge in [0.15, 0.2) is 11.6 Å². The lowest BCUT2D eigenvalue weighted by Gasteiger charge is -2.25. The molecule has 2 aliphatic rings. The van der Waals surface area contributed by atoms with Crippen LogP contribution in [0.1, 0.15) is 66.3 Å². The van der Waals surface area contributed by atoms with Gasteiger partial charge in [0.2, 0.25) is 5.91 Å². The van der Waals surface area contributed by atoms with E-state index in [0.717, 1.165) is 11.6 Å². The highest BCUT2D eigenvalue weighted by atomic mass is 19.4. The zero-order valence-corrected chi connectivity index (χ0v) is 21.5. The standard InChI is InChI=1S/C30H26F4N4O2/c31-24-13-21(23-16-35-26(36-17-23)12-18-4-6-20(7-5-18)19-2-1-3-19)8-9-22(24)14-28(39)37-27-15-25(40-38-27)29(10-11-29)30(32,33)34/h4-9,13,15-17,19H,1-3,10-12,14H2,(H,37,38,39). The molecule has 6 rings (SSSR count). The second kappa shape index (κ2) is 10.1. The minimum absolute atomic E-state index is 0.0848. The van der Waals surface area contributed by atoms with Crippen LogP contribution in [-0.2, 0) is 23.1 Å². The molecule has 2 aromatic heterocycles. The number of halogens is 4. The van der Waals surface area contributed by atoms with Crippen molar-refractivity contribution >= 4 is 11.7 Å². The van der Waals surface area contributed by atoms with E-state index < -0.39 is 23.3 Å². The minimum Gasteiger partial charge on any atom is -0.358 e. The number of aromatic nitrogens is 3. The van der Waals surface area contributed by atoms with Crippen LogP contribution in [0.25, 0.3) is 11.1 Å². The van der Waals surface area contributed by atoms with E-state index in [-0.39, 0.29) is 36.4 Å². The van der Waals surface area contributed by atoms with Crippen molar-refractivity contribution in [3.05, 3.63) is 95.0 Å². The van der Waals surface area contributed by atoms with E-state index in [9.17, 15) is 22.4 Å². The highest BCUT2D eigenvalue weighted by Gasteiger charge is 2.66. The van der Waals surface area contributed by atoms with Crippen molar-refractivity contribution in [1.82, 2.24) is 15.1 Å². The number of hydrogen-bond acceptors (Lipinski definition) is 5. The summed E-state index contributed by atoms with van der Waals surface area (Å²) in [6.45, 7) is 0. The fraction of sp³-hybridized carbons (Fsp3) is 0.333. The normalized spacial score (nSPS) is 16.4. The van der Waals surface area contributed by atoms with E-state index in [2.05, 4.69) is 44.7 Å². The molecule has 4 aromatic rings. The van der Waals surface area contributed by atoms with Crippen LogP contribution in [0.3, 0.4) is 0 Å². The number of carbonyl (C=O) groups excluding carboxylic acids is 1.